The van der Waals surface area contributed by atoms with Gasteiger partial charge in [-0.05, 0) is 57.5 Å². The number of hydrogen-bond acceptors (Lipinski definition) is 1. The van der Waals surface area contributed by atoms with Gasteiger partial charge >= 0.3 is 0 Å². The van der Waals surface area contributed by atoms with Gasteiger partial charge < -0.3 is 0 Å². The molecule has 4 aliphatic rings. The Hall–Kier alpha value is -0.630. The lowest BCUT2D eigenvalue weighted by molar-refractivity contribution is -0.618. The molecular weight excluding hydrogens is 304 g/mol. The first-order valence-electron chi connectivity index (χ1n) is 11.0. The molecule has 1 aliphatic carbocycles. The van der Waals surface area contributed by atoms with Crippen LogP contribution in [-0.4, -0.2) is 46.9 Å². The normalized spacial score (nSPS) is 40.1. The summed E-state index contributed by atoms with van der Waals surface area (Å²) in [6.07, 6.45) is 14.0. The van der Waals surface area contributed by atoms with Gasteiger partial charge in [0.15, 0.2) is 12.1 Å². The molecule has 0 aromatic heterocycles. The predicted molar refractivity (Wildman–Crippen MR) is 106 cm³/mol. The summed E-state index contributed by atoms with van der Waals surface area (Å²) >= 11 is 0. The molecule has 140 valence electrons. The van der Waals surface area contributed by atoms with Crippen molar-refractivity contribution >= 4 is 5.71 Å². The number of hydrogen-bond donors (Lipinski definition) is 0. The summed E-state index contributed by atoms with van der Waals surface area (Å²) in [6.45, 7) is 8.68. The van der Waals surface area contributed by atoms with Gasteiger partial charge in [-0.15, -0.1) is 0 Å². The number of nitrogens with zero attached hydrogens (tertiary/aromatic N) is 2. The van der Waals surface area contributed by atoms with Gasteiger partial charge in [-0.25, -0.2) is 4.58 Å². The van der Waals surface area contributed by atoms with Gasteiger partial charge in [0, 0.05) is 45.1 Å². The Labute approximate surface area is 155 Å². The lowest BCUT2D eigenvalue weighted by Gasteiger charge is -2.42. The van der Waals surface area contributed by atoms with E-state index in [-0.39, 0.29) is 0 Å². The van der Waals surface area contributed by atoms with Crippen LogP contribution >= 0.6 is 0 Å². The molecule has 3 aliphatic heterocycles. The van der Waals surface area contributed by atoms with E-state index >= 15 is 0 Å². The van der Waals surface area contributed by atoms with E-state index in [1.54, 1.807) is 5.71 Å². The van der Waals surface area contributed by atoms with Crippen LogP contribution in [0.3, 0.4) is 0 Å². The van der Waals surface area contributed by atoms with Crippen molar-refractivity contribution in [3.8, 4) is 0 Å². The maximum Gasteiger partial charge on any atom is 0.156 e. The minimum absolute atomic E-state index is 0.762. The zero-order chi connectivity index (χ0) is 17.6. The molecule has 0 aromatic rings. The summed E-state index contributed by atoms with van der Waals surface area (Å²) in [5.41, 5.74) is 5.42. The topological polar surface area (TPSA) is 6.25 Å². The third-order valence-electron chi connectivity index (χ3n) is 7.67. The zero-order valence-electron chi connectivity index (χ0n) is 17.1. The summed E-state index contributed by atoms with van der Waals surface area (Å²) in [6, 6.07) is 2.41. The molecule has 2 heteroatoms. The maximum atomic E-state index is 2.90. The monoisotopic (exact) mass is 343 g/mol. The van der Waals surface area contributed by atoms with Crippen LogP contribution in [0.4, 0.5) is 0 Å². The molecule has 5 atom stereocenters. The van der Waals surface area contributed by atoms with Crippen LogP contribution in [0.25, 0.3) is 0 Å². The number of likely N-dealkylation sites (tertiary alicyclic amines) is 1. The smallest absolute Gasteiger partial charge is 0.156 e. The van der Waals surface area contributed by atoms with E-state index in [0.717, 1.165) is 30.0 Å². The molecule has 0 amide bonds. The van der Waals surface area contributed by atoms with Crippen molar-refractivity contribution in [2.24, 2.45) is 11.8 Å². The minimum Gasteiger partial charge on any atom is -0.300 e. The standard InChI is InChI=1S/C23H39N2/c1-16-11-18(3)25-20(13-16)7-5-8-21(25)15-19-12-17(2)14-23-22(19)9-6-10-24(23)4/h16-17,20-21,23H,5-15H2,1-4H3/q+1. The number of piperidine rings is 2. The van der Waals surface area contributed by atoms with Gasteiger partial charge in [-0.1, -0.05) is 25.0 Å². The maximum absolute atomic E-state index is 2.90. The Morgan fingerprint density at radius 3 is 2.68 bits per heavy atom. The highest BCUT2D eigenvalue weighted by atomic mass is 15.1. The second kappa shape index (κ2) is 7.18. The molecule has 0 radical (unpaired) electrons. The number of rotatable bonds is 2. The van der Waals surface area contributed by atoms with E-state index in [9.17, 15) is 0 Å². The molecular formula is C23H39N2+. The Bertz CT molecular complexity index is 573. The van der Waals surface area contributed by atoms with Crippen LogP contribution in [0, 0.1) is 11.8 Å². The fraction of sp³-hybridized carbons (Fsp3) is 0.870. The fourth-order valence-corrected chi connectivity index (χ4v) is 6.74. The van der Waals surface area contributed by atoms with Gasteiger partial charge in [0.2, 0.25) is 0 Å². The average Bonchev–Trinajstić information content (AvgIpc) is 2.55. The van der Waals surface area contributed by atoms with Crippen LogP contribution in [0.5, 0.6) is 0 Å². The Morgan fingerprint density at radius 2 is 1.84 bits per heavy atom. The van der Waals surface area contributed by atoms with Crippen molar-refractivity contribution < 1.29 is 4.58 Å². The van der Waals surface area contributed by atoms with Crippen LogP contribution in [0.1, 0.15) is 85.0 Å². The van der Waals surface area contributed by atoms with Crippen LogP contribution in [0.15, 0.2) is 11.1 Å². The highest BCUT2D eigenvalue weighted by Gasteiger charge is 2.41. The zero-order valence-corrected chi connectivity index (χ0v) is 17.1. The van der Waals surface area contributed by atoms with E-state index in [1.165, 1.54) is 70.8 Å². The van der Waals surface area contributed by atoms with E-state index in [1.807, 2.05) is 11.1 Å². The molecule has 5 unspecified atom stereocenters. The summed E-state index contributed by atoms with van der Waals surface area (Å²) in [7, 11) is 2.36. The van der Waals surface area contributed by atoms with E-state index in [4.69, 9.17) is 0 Å². The summed E-state index contributed by atoms with van der Waals surface area (Å²) < 4.78 is 2.90. The molecule has 3 heterocycles. The van der Waals surface area contributed by atoms with E-state index in [0.29, 0.717) is 0 Å². The van der Waals surface area contributed by atoms with E-state index in [2.05, 4.69) is 37.3 Å². The summed E-state index contributed by atoms with van der Waals surface area (Å²) in [5, 5.41) is 0. The Morgan fingerprint density at radius 1 is 1.04 bits per heavy atom. The molecule has 2 nitrogen and oxygen atoms in total. The molecule has 0 aromatic carbocycles. The van der Waals surface area contributed by atoms with Crippen molar-refractivity contribution in [2.75, 3.05) is 13.6 Å². The van der Waals surface area contributed by atoms with Crippen molar-refractivity contribution in [1.29, 1.82) is 0 Å². The first-order valence-corrected chi connectivity index (χ1v) is 11.0. The average molecular weight is 344 g/mol. The van der Waals surface area contributed by atoms with Gasteiger partial charge in [-0.2, -0.15) is 0 Å². The minimum atomic E-state index is 0.762. The summed E-state index contributed by atoms with van der Waals surface area (Å²) in [4.78, 5) is 2.65. The lowest BCUT2D eigenvalue weighted by atomic mass is 9.74. The van der Waals surface area contributed by atoms with Crippen LogP contribution in [0.2, 0.25) is 0 Å². The highest BCUT2D eigenvalue weighted by Crippen LogP contribution is 2.41. The van der Waals surface area contributed by atoms with Crippen molar-refractivity contribution in [3.63, 3.8) is 0 Å². The quantitative estimate of drug-likeness (QED) is 0.504. The molecule has 0 saturated carbocycles. The molecule has 2 fully saturated rings. The molecule has 0 spiro atoms. The van der Waals surface area contributed by atoms with Gasteiger partial charge in [0.05, 0.1) is 0 Å². The van der Waals surface area contributed by atoms with Crippen LogP contribution in [-0.2, 0) is 0 Å². The first-order chi connectivity index (χ1) is 12.0. The predicted octanol–water partition coefficient (Wildman–Crippen LogP) is 5.02. The van der Waals surface area contributed by atoms with Gasteiger partial charge in [0.1, 0.15) is 5.71 Å². The van der Waals surface area contributed by atoms with Gasteiger partial charge in [0.25, 0.3) is 0 Å². The third kappa shape index (κ3) is 3.48. The highest BCUT2D eigenvalue weighted by molar-refractivity contribution is 5.77. The SMILES string of the molecule is CC1=[N+]2C(CC3=C4CCCN(C)C4CC(C)C3)CCCC2CC(C)C1. The second-order valence-corrected chi connectivity index (χ2v) is 9.90. The van der Waals surface area contributed by atoms with Crippen molar-refractivity contribution in [3.05, 3.63) is 11.1 Å². The molecule has 0 bridgehead atoms. The van der Waals surface area contributed by atoms with Crippen molar-refractivity contribution in [1.82, 2.24) is 4.90 Å². The fourth-order valence-electron chi connectivity index (χ4n) is 6.74. The lowest BCUT2D eigenvalue weighted by Crippen LogP contribution is -2.47. The molecule has 2 saturated heterocycles. The largest absolute Gasteiger partial charge is 0.300 e. The van der Waals surface area contributed by atoms with Crippen LogP contribution < -0.4 is 0 Å². The first kappa shape index (κ1) is 17.8. The van der Waals surface area contributed by atoms with Crippen molar-refractivity contribution in [2.45, 2.75) is 103 Å². The van der Waals surface area contributed by atoms with Gasteiger partial charge in [-0.3, -0.25) is 4.90 Å². The Kier molecular flexibility index (Phi) is 5.10. The molecule has 0 N–H and O–H groups in total. The summed E-state index contributed by atoms with van der Waals surface area (Å²) in [5.74, 6) is 1.77. The third-order valence-corrected chi connectivity index (χ3v) is 7.67. The number of fused-ring (bicyclic) bond motifs is 2. The second-order valence-electron chi connectivity index (χ2n) is 9.90. The van der Waals surface area contributed by atoms with E-state index < -0.39 is 0 Å². The Balaban J connectivity index is 1.60. The molecule has 4 rings (SSSR count). The molecule has 25 heavy (non-hydrogen) atoms. The number of likely N-dealkylation sites (N-methyl/N-ethyl adjacent to an activating group) is 1.